The molecule has 0 bridgehead atoms. The molecule has 2 nitrogen and oxygen atoms in total. The van der Waals surface area contributed by atoms with Crippen molar-refractivity contribution in [3.05, 3.63) is 0 Å². The second-order valence-electron chi connectivity index (χ2n) is 6.30. The van der Waals surface area contributed by atoms with Gasteiger partial charge in [-0.2, -0.15) is 0 Å². The summed E-state index contributed by atoms with van der Waals surface area (Å²) in [5.41, 5.74) is 0.220. The molecule has 1 saturated carbocycles. The molecule has 0 aromatic heterocycles. The van der Waals surface area contributed by atoms with Crippen LogP contribution in [-0.4, -0.2) is 24.8 Å². The molecule has 1 aliphatic carbocycles. The highest BCUT2D eigenvalue weighted by Gasteiger charge is 2.49. The van der Waals surface area contributed by atoms with Crippen LogP contribution in [0.5, 0.6) is 0 Å². The highest BCUT2D eigenvalue weighted by Crippen LogP contribution is 2.43. The van der Waals surface area contributed by atoms with E-state index in [1.54, 1.807) is 0 Å². The molecule has 17 heavy (non-hydrogen) atoms. The molecule has 0 saturated heterocycles. The zero-order valence-electron chi connectivity index (χ0n) is 11.9. The van der Waals surface area contributed by atoms with Crippen molar-refractivity contribution in [2.75, 3.05) is 6.61 Å². The maximum atomic E-state index is 5.95. The Bertz CT molecular complexity index is 277. The van der Waals surface area contributed by atoms with Crippen molar-refractivity contribution in [1.82, 2.24) is 5.32 Å². The molecular weight excluding hydrogens is 210 g/mol. The fourth-order valence-electron chi connectivity index (χ4n) is 2.34. The van der Waals surface area contributed by atoms with E-state index in [0.29, 0.717) is 24.1 Å². The first-order valence-corrected chi connectivity index (χ1v) is 6.69. The predicted molar refractivity (Wildman–Crippen MR) is 72.8 cm³/mol. The van der Waals surface area contributed by atoms with Gasteiger partial charge in [0.2, 0.25) is 0 Å². The minimum absolute atomic E-state index is 0.220. The SMILES string of the molecule is C#CCC(C)NC1CC(OCC(C)C)C1(C)C. The van der Waals surface area contributed by atoms with Crippen molar-refractivity contribution in [3.8, 4) is 12.3 Å². The first kappa shape index (κ1) is 14.5. The van der Waals surface area contributed by atoms with Crippen molar-refractivity contribution < 1.29 is 4.74 Å². The normalized spacial score (nSPS) is 28.5. The molecule has 1 N–H and O–H groups in total. The molecule has 98 valence electrons. The third-order valence-corrected chi connectivity index (χ3v) is 3.72. The summed E-state index contributed by atoms with van der Waals surface area (Å²) in [5.74, 6) is 3.32. The molecule has 2 heteroatoms. The summed E-state index contributed by atoms with van der Waals surface area (Å²) >= 11 is 0. The summed E-state index contributed by atoms with van der Waals surface area (Å²) < 4.78 is 5.95. The van der Waals surface area contributed by atoms with Crippen LogP contribution in [0, 0.1) is 23.7 Å². The average molecular weight is 237 g/mol. The largest absolute Gasteiger partial charge is 0.377 e. The van der Waals surface area contributed by atoms with Crippen molar-refractivity contribution in [2.24, 2.45) is 11.3 Å². The molecule has 0 radical (unpaired) electrons. The lowest BCUT2D eigenvalue weighted by atomic mass is 9.64. The van der Waals surface area contributed by atoms with E-state index >= 15 is 0 Å². The molecule has 0 aliphatic heterocycles. The molecule has 0 spiro atoms. The second kappa shape index (κ2) is 5.89. The number of ether oxygens (including phenoxy) is 1. The summed E-state index contributed by atoms with van der Waals surface area (Å²) in [6.45, 7) is 12.0. The number of rotatable bonds is 6. The Morgan fingerprint density at radius 1 is 1.41 bits per heavy atom. The Kier molecular flexibility index (Phi) is 5.04. The van der Waals surface area contributed by atoms with E-state index in [0.717, 1.165) is 19.4 Å². The van der Waals surface area contributed by atoms with E-state index in [9.17, 15) is 0 Å². The monoisotopic (exact) mass is 237 g/mol. The van der Waals surface area contributed by atoms with Gasteiger partial charge in [0, 0.05) is 30.5 Å². The van der Waals surface area contributed by atoms with Crippen LogP contribution < -0.4 is 5.32 Å². The molecule has 0 heterocycles. The van der Waals surface area contributed by atoms with Crippen molar-refractivity contribution in [1.29, 1.82) is 0 Å². The minimum atomic E-state index is 0.220. The molecule has 3 unspecified atom stereocenters. The van der Waals surface area contributed by atoms with Crippen LogP contribution in [0.25, 0.3) is 0 Å². The lowest BCUT2D eigenvalue weighted by molar-refractivity contribution is -0.125. The van der Waals surface area contributed by atoms with Crippen LogP contribution in [0.3, 0.4) is 0 Å². The van der Waals surface area contributed by atoms with E-state index in [4.69, 9.17) is 11.2 Å². The maximum absolute atomic E-state index is 5.95. The summed E-state index contributed by atoms with van der Waals surface area (Å²) in [7, 11) is 0. The fraction of sp³-hybridized carbons (Fsp3) is 0.867. The average Bonchev–Trinajstić information content (AvgIpc) is 2.22. The van der Waals surface area contributed by atoms with E-state index in [1.807, 2.05) is 0 Å². The fourth-order valence-corrected chi connectivity index (χ4v) is 2.34. The smallest absolute Gasteiger partial charge is 0.0656 e. The molecule has 1 fully saturated rings. The van der Waals surface area contributed by atoms with Gasteiger partial charge in [0.25, 0.3) is 0 Å². The number of terminal acetylenes is 1. The van der Waals surface area contributed by atoms with Crippen LogP contribution in [0.15, 0.2) is 0 Å². The molecule has 1 aliphatic rings. The summed E-state index contributed by atoms with van der Waals surface area (Å²) in [4.78, 5) is 0. The first-order chi connectivity index (χ1) is 7.87. The van der Waals surface area contributed by atoms with E-state index < -0.39 is 0 Å². The predicted octanol–water partition coefficient (Wildman–Crippen LogP) is 2.83. The van der Waals surface area contributed by atoms with Crippen molar-refractivity contribution in [3.63, 3.8) is 0 Å². The second-order valence-corrected chi connectivity index (χ2v) is 6.30. The van der Waals surface area contributed by atoms with Gasteiger partial charge in [-0.1, -0.05) is 27.7 Å². The topological polar surface area (TPSA) is 21.3 Å². The Hall–Kier alpha value is -0.520. The Balaban J connectivity index is 2.36. The highest BCUT2D eigenvalue weighted by atomic mass is 16.5. The van der Waals surface area contributed by atoms with Gasteiger partial charge in [-0.3, -0.25) is 0 Å². The number of hydrogen-bond donors (Lipinski definition) is 1. The lowest BCUT2D eigenvalue weighted by Gasteiger charge is -2.53. The van der Waals surface area contributed by atoms with Crippen LogP contribution in [0.4, 0.5) is 0 Å². The Morgan fingerprint density at radius 2 is 2.06 bits per heavy atom. The Morgan fingerprint density at radius 3 is 2.53 bits per heavy atom. The molecule has 0 aromatic rings. The zero-order valence-corrected chi connectivity index (χ0v) is 11.9. The molecule has 0 amide bonds. The van der Waals surface area contributed by atoms with Crippen LogP contribution in [0.1, 0.15) is 47.5 Å². The van der Waals surface area contributed by atoms with Crippen LogP contribution in [-0.2, 0) is 4.74 Å². The van der Waals surface area contributed by atoms with E-state index in [1.165, 1.54) is 0 Å². The van der Waals surface area contributed by atoms with Gasteiger partial charge >= 0.3 is 0 Å². The van der Waals surface area contributed by atoms with Gasteiger partial charge in [0.05, 0.1) is 6.10 Å². The van der Waals surface area contributed by atoms with Gasteiger partial charge in [0.15, 0.2) is 0 Å². The molecule has 0 aromatic carbocycles. The summed E-state index contributed by atoms with van der Waals surface area (Å²) in [5, 5.41) is 3.60. The molecule has 3 atom stereocenters. The minimum Gasteiger partial charge on any atom is -0.377 e. The van der Waals surface area contributed by atoms with Gasteiger partial charge in [-0.15, -0.1) is 12.3 Å². The summed E-state index contributed by atoms with van der Waals surface area (Å²) in [6, 6.07) is 0.929. The number of nitrogens with one attached hydrogen (secondary N) is 1. The van der Waals surface area contributed by atoms with Crippen LogP contribution >= 0.6 is 0 Å². The van der Waals surface area contributed by atoms with Gasteiger partial charge in [-0.05, 0) is 19.3 Å². The third kappa shape index (κ3) is 3.72. The Labute approximate surface area is 107 Å². The van der Waals surface area contributed by atoms with Crippen molar-refractivity contribution in [2.45, 2.75) is 65.6 Å². The van der Waals surface area contributed by atoms with Gasteiger partial charge in [-0.25, -0.2) is 0 Å². The zero-order chi connectivity index (χ0) is 13.1. The van der Waals surface area contributed by atoms with Crippen molar-refractivity contribution >= 4 is 0 Å². The van der Waals surface area contributed by atoms with E-state index in [2.05, 4.69) is 45.9 Å². The van der Waals surface area contributed by atoms with E-state index in [-0.39, 0.29) is 5.41 Å². The quantitative estimate of drug-likeness (QED) is 0.717. The molecule has 1 rings (SSSR count). The van der Waals surface area contributed by atoms with Gasteiger partial charge < -0.3 is 10.1 Å². The third-order valence-electron chi connectivity index (χ3n) is 3.72. The maximum Gasteiger partial charge on any atom is 0.0656 e. The summed E-state index contributed by atoms with van der Waals surface area (Å²) in [6.07, 6.45) is 7.62. The standard InChI is InChI=1S/C15H27NO/c1-7-8-12(4)16-13-9-14(15(13,5)6)17-10-11(2)3/h1,11-14,16H,8-10H2,2-6H3. The lowest BCUT2D eigenvalue weighted by Crippen LogP contribution is -2.62. The van der Waals surface area contributed by atoms with Gasteiger partial charge in [0.1, 0.15) is 0 Å². The number of hydrogen-bond acceptors (Lipinski definition) is 2. The first-order valence-electron chi connectivity index (χ1n) is 6.69. The molecular formula is C15H27NO. The van der Waals surface area contributed by atoms with Crippen LogP contribution in [0.2, 0.25) is 0 Å². The highest BCUT2D eigenvalue weighted by molar-refractivity contribution is 5.04.